The smallest absolute Gasteiger partial charge is 0.220 e. The Balaban J connectivity index is 2.00. The van der Waals surface area contributed by atoms with E-state index in [0.717, 1.165) is 36.3 Å². The number of rotatable bonds is 6. The molecule has 1 aromatic carbocycles. The van der Waals surface area contributed by atoms with E-state index in [1.54, 1.807) is 12.1 Å². The van der Waals surface area contributed by atoms with Crippen LogP contribution in [-0.2, 0) is 6.42 Å². The summed E-state index contributed by atoms with van der Waals surface area (Å²) in [7, 11) is 0. The Bertz CT molecular complexity index is 1060. The molecule has 0 amide bonds. The minimum atomic E-state index is -0.452. The molecule has 0 saturated heterocycles. The molecule has 0 fully saturated rings. The zero-order valence-electron chi connectivity index (χ0n) is 18.2. The molecule has 1 aliphatic rings. The number of fused-ring (bicyclic) bond motifs is 1. The van der Waals surface area contributed by atoms with Crippen LogP contribution in [0.25, 0.3) is 17.7 Å². The van der Waals surface area contributed by atoms with Crippen molar-refractivity contribution < 1.29 is 4.39 Å². The van der Waals surface area contributed by atoms with Crippen molar-refractivity contribution in [2.75, 3.05) is 0 Å². The van der Waals surface area contributed by atoms with E-state index >= 15 is 0 Å². The standard InChI is InChI=1S/C27H32FN/c1-6-18(2)9-14-24-20(4)10-12-22-13-16-23(19(3)11-15-26(22)24)21(5)25-8-7-17-29-27(25)28/h7-8,10,12-13,15,17-18H,5-6,9,11,14,16H2,1-4H3. The molecule has 0 spiro atoms. The second kappa shape index (κ2) is 9.35. The van der Waals surface area contributed by atoms with E-state index in [4.69, 9.17) is 0 Å². The van der Waals surface area contributed by atoms with E-state index in [1.807, 2.05) is 0 Å². The van der Waals surface area contributed by atoms with Gasteiger partial charge in [0.2, 0.25) is 5.95 Å². The van der Waals surface area contributed by atoms with Crippen molar-refractivity contribution in [1.29, 1.82) is 0 Å². The topological polar surface area (TPSA) is 12.9 Å². The van der Waals surface area contributed by atoms with Gasteiger partial charge in [0.25, 0.3) is 0 Å². The van der Waals surface area contributed by atoms with Crippen LogP contribution in [0.4, 0.5) is 4.39 Å². The molecular formula is C27H32FN. The van der Waals surface area contributed by atoms with Crippen molar-refractivity contribution in [3.63, 3.8) is 0 Å². The minimum Gasteiger partial charge on any atom is -0.228 e. The molecule has 3 rings (SSSR count). The molecule has 0 N–H and O–H groups in total. The lowest BCUT2D eigenvalue weighted by atomic mass is 9.88. The summed E-state index contributed by atoms with van der Waals surface area (Å²) in [5.41, 5.74) is 6.45. The molecule has 1 heterocycles. The fraction of sp³-hybridized carbons (Fsp3) is 0.370. The Morgan fingerprint density at radius 3 is 2.69 bits per heavy atom. The SMILES string of the molecule is C=C(C1=C(C)CC=c2c(CCC(C)CC)c(C)ccc2=CC1)c1cccnc1F. The second-order valence-corrected chi connectivity index (χ2v) is 8.31. The molecule has 1 aliphatic carbocycles. The molecule has 1 aromatic heterocycles. The van der Waals surface area contributed by atoms with Gasteiger partial charge in [0.15, 0.2) is 0 Å². The van der Waals surface area contributed by atoms with Crippen LogP contribution in [0.2, 0.25) is 0 Å². The Hall–Kier alpha value is -2.48. The van der Waals surface area contributed by atoms with Gasteiger partial charge < -0.3 is 0 Å². The van der Waals surface area contributed by atoms with Crippen molar-refractivity contribution >= 4 is 17.7 Å². The van der Waals surface area contributed by atoms with Gasteiger partial charge in [-0.15, -0.1) is 0 Å². The predicted molar refractivity (Wildman–Crippen MR) is 122 cm³/mol. The largest absolute Gasteiger partial charge is 0.228 e. The number of allylic oxidation sites excluding steroid dienone is 3. The fourth-order valence-electron chi connectivity index (χ4n) is 4.06. The molecule has 2 aromatic rings. The molecule has 0 bridgehead atoms. The van der Waals surface area contributed by atoms with E-state index in [2.05, 4.69) is 63.5 Å². The van der Waals surface area contributed by atoms with Crippen LogP contribution in [-0.4, -0.2) is 4.98 Å². The molecule has 2 heteroatoms. The van der Waals surface area contributed by atoms with E-state index in [-0.39, 0.29) is 0 Å². The highest BCUT2D eigenvalue weighted by Crippen LogP contribution is 2.30. The quantitative estimate of drug-likeness (QED) is 0.561. The lowest BCUT2D eigenvalue weighted by Crippen LogP contribution is -2.30. The van der Waals surface area contributed by atoms with E-state index in [1.165, 1.54) is 46.2 Å². The van der Waals surface area contributed by atoms with Crippen LogP contribution < -0.4 is 10.4 Å². The summed E-state index contributed by atoms with van der Waals surface area (Å²) in [6.45, 7) is 13.2. The molecule has 0 radical (unpaired) electrons. The maximum absolute atomic E-state index is 14.2. The van der Waals surface area contributed by atoms with Gasteiger partial charge in [-0.05, 0) is 90.3 Å². The highest BCUT2D eigenvalue weighted by molar-refractivity contribution is 5.79. The first-order valence-electron chi connectivity index (χ1n) is 10.7. The molecule has 29 heavy (non-hydrogen) atoms. The zero-order chi connectivity index (χ0) is 21.0. The highest BCUT2D eigenvalue weighted by atomic mass is 19.1. The number of aromatic nitrogens is 1. The van der Waals surface area contributed by atoms with Crippen molar-refractivity contribution in [2.24, 2.45) is 5.92 Å². The summed E-state index contributed by atoms with van der Waals surface area (Å²) < 4.78 is 14.2. The Morgan fingerprint density at radius 1 is 1.17 bits per heavy atom. The maximum atomic E-state index is 14.2. The molecule has 1 unspecified atom stereocenters. The number of benzene rings is 1. The molecule has 1 atom stereocenters. The van der Waals surface area contributed by atoms with Gasteiger partial charge in [-0.25, -0.2) is 4.98 Å². The molecule has 0 aliphatic heterocycles. The van der Waals surface area contributed by atoms with Gasteiger partial charge in [-0.3, -0.25) is 0 Å². The molecule has 152 valence electrons. The highest BCUT2D eigenvalue weighted by Gasteiger charge is 2.14. The fourth-order valence-corrected chi connectivity index (χ4v) is 4.06. The van der Waals surface area contributed by atoms with E-state index < -0.39 is 5.95 Å². The van der Waals surface area contributed by atoms with Gasteiger partial charge in [0.05, 0.1) is 0 Å². The third kappa shape index (κ3) is 4.75. The van der Waals surface area contributed by atoms with Gasteiger partial charge in [-0.1, -0.05) is 56.7 Å². The number of pyridine rings is 1. The normalized spacial score (nSPS) is 14.9. The third-order valence-electron chi connectivity index (χ3n) is 6.31. The molecule has 0 saturated carbocycles. The van der Waals surface area contributed by atoms with Crippen molar-refractivity contribution in [3.05, 3.63) is 81.3 Å². The Labute approximate surface area is 174 Å². The van der Waals surface area contributed by atoms with Crippen molar-refractivity contribution in [3.8, 4) is 0 Å². The van der Waals surface area contributed by atoms with Gasteiger partial charge >= 0.3 is 0 Å². The summed E-state index contributed by atoms with van der Waals surface area (Å²) in [6.07, 6.45) is 11.3. The number of hydrogen-bond acceptors (Lipinski definition) is 1. The van der Waals surface area contributed by atoms with Crippen LogP contribution >= 0.6 is 0 Å². The molecule has 1 nitrogen and oxygen atoms in total. The van der Waals surface area contributed by atoms with E-state index in [0.29, 0.717) is 5.56 Å². The first-order chi connectivity index (χ1) is 13.9. The monoisotopic (exact) mass is 389 g/mol. The summed E-state index contributed by atoms with van der Waals surface area (Å²) in [5.74, 6) is 0.293. The number of aryl methyl sites for hydroxylation is 1. The van der Waals surface area contributed by atoms with Gasteiger partial charge in [-0.2, -0.15) is 4.39 Å². The predicted octanol–water partition coefficient (Wildman–Crippen LogP) is 5.89. The maximum Gasteiger partial charge on any atom is 0.220 e. The van der Waals surface area contributed by atoms with Gasteiger partial charge in [0, 0.05) is 11.8 Å². The summed E-state index contributed by atoms with van der Waals surface area (Å²) >= 11 is 0. The lowest BCUT2D eigenvalue weighted by Gasteiger charge is -2.17. The third-order valence-corrected chi connectivity index (χ3v) is 6.31. The van der Waals surface area contributed by atoms with Crippen LogP contribution in [0.3, 0.4) is 0 Å². The first kappa shape index (κ1) is 21.2. The van der Waals surface area contributed by atoms with Crippen LogP contribution in [0.1, 0.15) is 63.1 Å². The zero-order valence-corrected chi connectivity index (χ0v) is 18.2. The van der Waals surface area contributed by atoms with E-state index in [9.17, 15) is 4.39 Å². The molecular weight excluding hydrogens is 357 g/mol. The summed E-state index contributed by atoms with van der Waals surface area (Å²) in [6, 6.07) is 7.99. The number of hydrogen-bond donors (Lipinski definition) is 0. The average Bonchev–Trinajstić information content (AvgIpc) is 2.71. The Morgan fingerprint density at radius 2 is 1.97 bits per heavy atom. The summed E-state index contributed by atoms with van der Waals surface area (Å²) in [4.78, 5) is 3.79. The summed E-state index contributed by atoms with van der Waals surface area (Å²) in [5, 5.41) is 2.66. The van der Waals surface area contributed by atoms with Crippen molar-refractivity contribution in [2.45, 2.75) is 59.8 Å². The second-order valence-electron chi connectivity index (χ2n) is 8.31. The van der Waals surface area contributed by atoms with Crippen LogP contribution in [0, 0.1) is 18.8 Å². The lowest BCUT2D eigenvalue weighted by molar-refractivity contribution is 0.515. The first-order valence-corrected chi connectivity index (χ1v) is 10.7. The van der Waals surface area contributed by atoms with Crippen LogP contribution in [0.15, 0.2) is 48.2 Å². The average molecular weight is 390 g/mol. The minimum absolute atomic E-state index is 0.452. The Kier molecular flexibility index (Phi) is 6.84. The van der Waals surface area contributed by atoms with Gasteiger partial charge in [0.1, 0.15) is 0 Å². The van der Waals surface area contributed by atoms with Crippen molar-refractivity contribution in [1.82, 2.24) is 4.98 Å². The number of nitrogens with zero attached hydrogens (tertiary/aromatic N) is 1. The number of halogens is 1. The van der Waals surface area contributed by atoms with Crippen LogP contribution in [0.5, 0.6) is 0 Å².